The summed E-state index contributed by atoms with van der Waals surface area (Å²) in [6, 6.07) is 1.83. The summed E-state index contributed by atoms with van der Waals surface area (Å²) in [6.45, 7) is 4.50. The molecule has 0 atom stereocenters. The average Bonchev–Trinajstić information content (AvgIpc) is 2.90. The molecule has 4 nitrogen and oxygen atoms in total. The molecule has 3 rings (SSSR count). The van der Waals surface area contributed by atoms with Gasteiger partial charge in [-0.2, -0.15) is 0 Å². The molecule has 0 aliphatic heterocycles. The van der Waals surface area contributed by atoms with Crippen LogP contribution in [0, 0.1) is 13.8 Å². The summed E-state index contributed by atoms with van der Waals surface area (Å²) in [5.74, 6) is 0. The van der Waals surface area contributed by atoms with Gasteiger partial charge in [0.2, 0.25) is 0 Å². The van der Waals surface area contributed by atoms with Crippen molar-refractivity contribution in [2.75, 3.05) is 0 Å². The van der Waals surface area contributed by atoms with E-state index in [1.54, 1.807) is 22.2 Å². The molecule has 6 heteroatoms. The minimum absolute atomic E-state index is 0.0201. The quantitative estimate of drug-likeness (QED) is 0.723. The molecule has 0 N–H and O–H groups in total. The van der Waals surface area contributed by atoms with E-state index in [2.05, 4.69) is 9.97 Å². The van der Waals surface area contributed by atoms with E-state index in [9.17, 15) is 4.79 Å². The van der Waals surface area contributed by atoms with E-state index in [0.717, 1.165) is 20.4 Å². The standard InChI is InChI=1S/C12H11N3OS2/c1-7-10(18-8(2)14-7)5-15-6-13-11-9(12(15)16)3-4-17-11/h3-4,6H,5H2,1-2H3. The maximum atomic E-state index is 12.2. The first kappa shape index (κ1) is 11.6. The summed E-state index contributed by atoms with van der Waals surface area (Å²) in [5, 5.41) is 3.62. The lowest BCUT2D eigenvalue weighted by Gasteiger charge is -2.03. The van der Waals surface area contributed by atoms with Gasteiger partial charge in [-0.15, -0.1) is 22.7 Å². The smallest absolute Gasteiger partial charge is 0.262 e. The topological polar surface area (TPSA) is 47.8 Å². The van der Waals surface area contributed by atoms with E-state index < -0.39 is 0 Å². The molecule has 0 unspecified atom stereocenters. The van der Waals surface area contributed by atoms with Crippen molar-refractivity contribution >= 4 is 32.9 Å². The van der Waals surface area contributed by atoms with Gasteiger partial charge in [0, 0.05) is 4.88 Å². The van der Waals surface area contributed by atoms with Crippen molar-refractivity contribution in [1.82, 2.24) is 14.5 Å². The Bertz CT molecular complexity index is 769. The maximum absolute atomic E-state index is 12.2. The van der Waals surface area contributed by atoms with Gasteiger partial charge in [-0.1, -0.05) is 0 Å². The van der Waals surface area contributed by atoms with Crippen LogP contribution < -0.4 is 5.56 Å². The first-order valence-corrected chi connectivity index (χ1v) is 7.20. The highest BCUT2D eigenvalue weighted by atomic mass is 32.1. The largest absolute Gasteiger partial charge is 0.293 e. The van der Waals surface area contributed by atoms with E-state index in [1.165, 1.54) is 11.3 Å². The van der Waals surface area contributed by atoms with Crippen LogP contribution in [0.15, 0.2) is 22.6 Å². The number of rotatable bonds is 2. The Hall–Kier alpha value is -1.53. The Kier molecular flexibility index (Phi) is 2.76. The molecular formula is C12H11N3OS2. The number of fused-ring (bicyclic) bond motifs is 1. The predicted octanol–water partition coefficient (Wildman–Crippen LogP) is 2.58. The zero-order valence-corrected chi connectivity index (χ0v) is 11.6. The summed E-state index contributed by atoms with van der Waals surface area (Å²) < 4.78 is 1.65. The number of thiazole rings is 1. The lowest BCUT2D eigenvalue weighted by atomic mass is 10.3. The third-order valence-corrected chi connectivity index (χ3v) is 4.64. The zero-order chi connectivity index (χ0) is 12.7. The summed E-state index contributed by atoms with van der Waals surface area (Å²) >= 11 is 3.12. The van der Waals surface area contributed by atoms with Crippen LogP contribution in [0.2, 0.25) is 0 Å². The Balaban J connectivity index is 2.07. The maximum Gasteiger partial charge on any atom is 0.262 e. The molecule has 0 aliphatic rings. The molecule has 92 valence electrons. The normalized spacial score (nSPS) is 11.2. The third-order valence-electron chi connectivity index (χ3n) is 2.76. The number of aromatic nitrogens is 3. The number of hydrogen-bond donors (Lipinski definition) is 0. The summed E-state index contributed by atoms with van der Waals surface area (Å²) in [4.78, 5) is 22.8. The van der Waals surface area contributed by atoms with Gasteiger partial charge < -0.3 is 0 Å². The Morgan fingerprint density at radius 3 is 2.94 bits per heavy atom. The van der Waals surface area contributed by atoms with Gasteiger partial charge in [0.15, 0.2) is 0 Å². The summed E-state index contributed by atoms with van der Waals surface area (Å²) in [5.41, 5.74) is 1.02. The molecule has 0 fully saturated rings. The van der Waals surface area contributed by atoms with Crippen LogP contribution in [0.5, 0.6) is 0 Å². The number of thiophene rings is 1. The first-order chi connectivity index (χ1) is 8.65. The minimum atomic E-state index is 0.0201. The average molecular weight is 277 g/mol. The predicted molar refractivity (Wildman–Crippen MR) is 74.6 cm³/mol. The van der Waals surface area contributed by atoms with Gasteiger partial charge in [0.05, 0.1) is 29.0 Å². The molecule has 3 aromatic heterocycles. The molecule has 18 heavy (non-hydrogen) atoms. The molecule has 0 aliphatic carbocycles. The first-order valence-electron chi connectivity index (χ1n) is 5.50. The number of nitrogens with zero attached hydrogens (tertiary/aromatic N) is 3. The number of hydrogen-bond acceptors (Lipinski definition) is 5. The molecular weight excluding hydrogens is 266 g/mol. The van der Waals surface area contributed by atoms with Crippen molar-refractivity contribution in [3.05, 3.63) is 43.7 Å². The third kappa shape index (κ3) is 1.87. The molecule has 0 amide bonds. The molecule has 3 aromatic rings. The van der Waals surface area contributed by atoms with Crippen LogP contribution >= 0.6 is 22.7 Å². The molecule has 0 radical (unpaired) electrons. The second kappa shape index (κ2) is 4.29. The van der Waals surface area contributed by atoms with Crippen molar-refractivity contribution in [3.8, 4) is 0 Å². The number of aryl methyl sites for hydroxylation is 2. The van der Waals surface area contributed by atoms with Crippen molar-refractivity contribution in [3.63, 3.8) is 0 Å². The fraction of sp³-hybridized carbons (Fsp3) is 0.250. The molecule has 3 heterocycles. The van der Waals surface area contributed by atoms with E-state index in [4.69, 9.17) is 0 Å². The Morgan fingerprint density at radius 2 is 2.22 bits per heavy atom. The second-order valence-corrected chi connectivity index (χ2v) is 6.24. The monoisotopic (exact) mass is 277 g/mol. The Labute approximate surface area is 112 Å². The van der Waals surface area contributed by atoms with E-state index in [1.807, 2.05) is 25.3 Å². The zero-order valence-electron chi connectivity index (χ0n) is 10.0. The van der Waals surface area contributed by atoms with Crippen LogP contribution in [0.4, 0.5) is 0 Å². The molecule has 0 spiro atoms. The van der Waals surface area contributed by atoms with Gasteiger partial charge in [-0.3, -0.25) is 9.36 Å². The fourth-order valence-electron chi connectivity index (χ4n) is 1.88. The lowest BCUT2D eigenvalue weighted by molar-refractivity contribution is 0.753. The molecule has 0 saturated carbocycles. The second-order valence-electron chi connectivity index (χ2n) is 4.06. The highest BCUT2D eigenvalue weighted by Gasteiger charge is 2.09. The van der Waals surface area contributed by atoms with Crippen LogP contribution in [-0.4, -0.2) is 14.5 Å². The highest BCUT2D eigenvalue weighted by Crippen LogP contribution is 2.18. The summed E-state index contributed by atoms with van der Waals surface area (Å²) in [7, 11) is 0. The minimum Gasteiger partial charge on any atom is -0.293 e. The van der Waals surface area contributed by atoms with Crippen molar-refractivity contribution in [1.29, 1.82) is 0 Å². The lowest BCUT2D eigenvalue weighted by Crippen LogP contribution is -2.20. The molecule has 0 saturated heterocycles. The Morgan fingerprint density at radius 1 is 1.39 bits per heavy atom. The van der Waals surface area contributed by atoms with Crippen molar-refractivity contribution < 1.29 is 0 Å². The van der Waals surface area contributed by atoms with Gasteiger partial charge in [-0.25, -0.2) is 9.97 Å². The van der Waals surface area contributed by atoms with Gasteiger partial charge >= 0.3 is 0 Å². The van der Waals surface area contributed by atoms with Crippen LogP contribution in [0.25, 0.3) is 10.2 Å². The van der Waals surface area contributed by atoms with Gasteiger partial charge in [0.25, 0.3) is 5.56 Å². The van der Waals surface area contributed by atoms with E-state index in [-0.39, 0.29) is 5.56 Å². The highest BCUT2D eigenvalue weighted by molar-refractivity contribution is 7.16. The SMILES string of the molecule is Cc1nc(C)c(Cn2cnc3sccc3c2=O)s1. The van der Waals surface area contributed by atoms with Gasteiger partial charge in [-0.05, 0) is 25.3 Å². The molecule has 0 aromatic carbocycles. The van der Waals surface area contributed by atoms with Crippen molar-refractivity contribution in [2.24, 2.45) is 0 Å². The van der Waals surface area contributed by atoms with Crippen LogP contribution in [-0.2, 0) is 6.54 Å². The van der Waals surface area contributed by atoms with Crippen molar-refractivity contribution in [2.45, 2.75) is 20.4 Å². The van der Waals surface area contributed by atoms with Gasteiger partial charge in [0.1, 0.15) is 4.83 Å². The fourth-order valence-corrected chi connectivity index (χ4v) is 3.54. The summed E-state index contributed by atoms with van der Waals surface area (Å²) in [6.07, 6.45) is 1.62. The van der Waals surface area contributed by atoms with E-state index in [0.29, 0.717) is 11.9 Å². The van der Waals surface area contributed by atoms with Crippen LogP contribution in [0.1, 0.15) is 15.6 Å². The van der Waals surface area contributed by atoms with E-state index >= 15 is 0 Å². The van der Waals surface area contributed by atoms with Crippen LogP contribution in [0.3, 0.4) is 0 Å². The molecule has 0 bridgehead atoms.